The topological polar surface area (TPSA) is 37.0 Å². The zero-order chi connectivity index (χ0) is 9.97. The van der Waals surface area contributed by atoms with Crippen molar-refractivity contribution >= 4 is 0 Å². The fraction of sp³-hybridized carbons (Fsp3) is 0.500. The van der Waals surface area contributed by atoms with Gasteiger partial charge in [-0.15, -0.1) is 0 Å². The van der Waals surface area contributed by atoms with Crippen molar-refractivity contribution in [2.75, 3.05) is 19.6 Å². The Bertz CT molecular complexity index is 321. The van der Waals surface area contributed by atoms with E-state index in [0.717, 1.165) is 25.2 Å². The molecular formula is C10H14FN3. The number of rotatable bonds is 1. The lowest BCUT2D eigenvalue weighted by Crippen LogP contribution is -2.43. The molecule has 2 N–H and O–H groups in total. The highest BCUT2D eigenvalue weighted by Crippen LogP contribution is 2.17. The van der Waals surface area contributed by atoms with E-state index in [9.17, 15) is 4.39 Å². The number of piperazine rings is 1. The standard InChI is InChI=1S/C10H14FN3/c1-7-4-8(10(11)14-5-7)9-6-12-2-3-13-9/h4-5,9,12-13H,2-3,6H2,1H3/t9-/m1/s1. The monoisotopic (exact) mass is 195 g/mol. The number of hydrogen-bond acceptors (Lipinski definition) is 3. The fourth-order valence-electron chi connectivity index (χ4n) is 1.69. The molecule has 3 nitrogen and oxygen atoms in total. The molecule has 76 valence electrons. The summed E-state index contributed by atoms with van der Waals surface area (Å²) in [5.74, 6) is -0.364. The average Bonchev–Trinajstić information content (AvgIpc) is 2.23. The lowest BCUT2D eigenvalue weighted by Gasteiger charge is -2.24. The zero-order valence-corrected chi connectivity index (χ0v) is 8.18. The molecule has 4 heteroatoms. The molecule has 1 atom stereocenters. The minimum atomic E-state index is -0.364. The van der Waals surface area contributed by atoms with Gasteiger partial charge in [0.15, 0.2) is 0 Å². The molecular weight excluding hydrogens is 181 g/mol. The van der Waals surface area contributed by atoms with E-state index in [2.05, 4.69) is 15.6 Å². The van der Waals surface area contributed by atoms with Crippen molar-refractivity contribution in [3.8, 4) is 0 Å². The second-order valence-electron chi connectivity index (χ2n) is 3.60. The SMILES string of the molecule is Cc1cnc(F)c([C@H]2CNCCN2)c1. The third kappa shape index (κ3) is 1.91. The van der Waals surface area contributed by atoms with Crippen LogP contribution in [0.2, 0.25) is 0 Å². The third-order valence-electron chi connectivity index (χ3n) is 2.42. The van der Waals surface area contributed by atoms with Gasteiger partial charge in [-0.2, -0.15) is 4.39 Å². The van der Waals surface area contributed by atoms with Gasteiger partial charge >= 0.3 is 0 Å². The first-order valence-corrected chi connectivity index (χ1v) is 4.83. The number of hydrogen-bond donors (Lipinski definition) is 2. The van der Waals surface area contributed by atoms with Crippen LogP contribution in [0.1, 0.15) is 17.2 Å². The second-order valence-corrected chi connectivity index (χ2v) is 3.60. The molecule has 1 aliphatic rings. The largest absolute Gasteiger partial charge is 0.314 e. The van der Waals surface area contributed by atoms with Crippen molar-refractivity contribution in [2.24, 2.45) is 0 Å². The molecule has 2 rings (SSSR count). The Hall–Kier alpha value is -1.00. The zero-order valence-electron chi connectivity index (χ0n) is 8.18. The van der Waals surface area contributed by atoms with Crippen LogP contribution < -0.4 is 10.6 Å². The summed E-state index contributed by atoms with van der Waals surface area (Å²) in [5.41, 5.74) is 1.66. The summed E-state index contributed by atoms with van der Waals surface area (Å²) in [6, 6.07) is 1.91. The maximum absolute atomic E-state index is 13.4. The Balaban J connectivity index is 2.24. The normalized spacial score (nSPS) is 22.3. The van der Waals surface area contributed by atoms with Crippen molar-refractivity contribution in [3.05, 3.63) is 29.3 Å². The summed E-state index contributed by atoms with van der Waals surface area (Å²) >= 11 is 0. The molecule has 14 heavy (non-hydrogen) atoms. The van der Waals surface area contributed by atoms with Gasteiger partial charge in [0.1, 0.15) is 0 Å². The van der Waals surface area contributed by atoms with Gasteiger partial charge in [-0.1, -0.05) is 0 Å². The Morgan fingerprint density at radius 1 is 1.50 bits per heavy atom. The highest BCUT2D eigenvalue weighted by Gasteiger charge is 2.18. The first-order valence-electron chi connectivity index (χ1n) is 4.83. The van der Waals surface area contributed by atoms with Crippen LogP contribution in [-0.2, 0) is 0 Å². The summed E-state index contributed by atoms with van der Waals surface area (Å²) in [4.78, 5) is 3.72. The molecule has 0 aliphatic carbocycles. The van der Waals surface area contributed by atoms with E-state index in [4.69, 9.17) is 0 Å². The highest BCUT2D eigenvalue weighted by molar-refractivity contribution is 5.22. The van der Waals surface area contributed by atoms with E-state index in [1.54, 1.807) is 6.20 Å². The molecule has 0 unspecified atom stereocenters. The molecule has 0 amide bonds. The van der Waals surface area contributed by atoms with Gasteiger partial charge in [0.05, 0.1) is 0 Å². The number of nitrogens with zero attached hydrogens (tertiary/aromatic N) is 1. The Morgan fingerprint density at radius 2 is 2.36 bits per heavy atom. The molecule has 1 saturated heterocycles. The van der Waals surface area contributed by atoms with Crippen LogP contribution >= 0.6 is 0 Å². The first-order chi connectivity index (χ1) is 6.77. The summed E-state index contributed by atoms with van der Waals surface area (Å²) in [5, 5.41) is 6.48. The molecule has 0 bridgehead atoms. The van der Waals surface area contributed by atoms with Gasteiger partial charge in [-0.25, -0.2) is 4.98 Å². The molecule has 1 aromatic rings. The van der Waals surface area contributed by atoms with Crippen molar-refractivity contribution in [2.45, 2.75) is 13.0 Å². The summed E-state index contributed by atoms with van der Waals surface area (Å²) < 4.78 is 13.4. The van der Waals surface area contributed by atoms with E-state index >= 15 is 0 Å². The lowest BCUT2D eigenvalue weighted by atomic mass is 10.1. The quantitative estimate of drug-likeness (QED) is 0.650. The van der Waals surface area contributed by atoms with E-state index in [-0.39, 0.29) is 12.0 Å². The molecule has 1 aliphatic heterocycles. The predicted molar refractivity (Wildman–Crippen MR) is 52.5 cm³/mol. The Morgan fingerprint density at radius 3 is 3.07 bits per heavy atom. The fourth-order valence-corrected chi connectivity index (χ4v) is 1.69. The maximum Gasteiger partial charge on any atom is 0.217 e. The second kappa shape index (κ2) is 4.02. The minimum absolute atomic E-state index is 0.0520. The van der Waals surface area contributed by atoms with Crippen molar-refractivity contribution in [1.29, 1.82) is 0 Å². The van der Waals surface area contributed by atoms with Gasteiger partial charge in [0, 0.05) is 37.4 Å². The maximum atomic E-state index is 13.4. The van der Waals surface area contributed by atoms with Crippen LogP contribution in [0, 0.1) is 12.9 Å². The summed E-state index contributed by atoms with van der Waals surface area (Å²) in [6.45, 7) is 4.50. The number of aryl methyl sites for hydroxylation is 1. The molecule has 0 aromatic carbocycles. The summed E-state index contributed by atoms with van der Waals surface area (Å²) in [7, 11) is 0. The van der Waals surface area contributed by atoms with Crippen LogP contribution in [0.4, 0.5) is 4.39 Å². The summed E-state index contributed by atoms with van der Waals surface area (Å²) in [6.07, 6.45) is 1.55. The van der Waals surface area contributed by atoms with E-state index in [1.165, 1.54) is 0 Å². The van der Waals surface area contributed by atoms with Gasteiger partial charge in [-0.05, 0) is 18.6 Å². The number of halogens is 1. The van der Waals surface area contributed by atoms with Gasteiger partial charge < -0.3 is 10.6 Å². The van der Waals surface area contributed by atoms with Crippen molar-refractivity contribution < 1.29 is 4.39 Å². The smallest absolute Gasteiger partial charge is 0.217 e. The molecule has 0 spiro atoms. The minimum Gasteiger partial charge on any atom is -0.314 e. The van der Waals surface area contributed by atoms with Gasteiger partial charge in [-0.3, -0.25) is 0 Å². The molecule has 1 fully saturated rings. The lowest BCUT2D eigenvalue weighted by molar-refractivity contribution is 0.411. The Kier molecular flexibility index (Phi) is 2.74. The predicted octanol–water partition coefficient (Wildman–Crippen LogP) is 0.763. The molecule has 0 radical (unpaired) electrons. The van der Waals surface area contributed by atoms with Gasteiger partial charge in [0.25, 0.3) is 0 Å². The number of nitrogens with one attached hydrogen (secondary N) is 2. The van der Waals surface area contributed by atoms with Crippen LogP contribution in [-0.4, -0.2) is 24.6 Å². The van der Waals surface area contributed by atoms with E-state index < -0.39 is 0 Å². The number of pyridine rings is 1. The van der Waals surface area contributed by atoms with Gasteiger partial charge in [0.2, 0.25) is 5.95 Å². The van der Waals surface area contributed by atoms with E-state index in [0.29, 0.717) is 5.56 Å². The average molecular weight is 195 g/mol. The van der Waals surface area contributed by atoms with Crippen LogP contribution in [0.15, 0.2) is 12.3 Å². The Labute approximate surface area is 82.7 Å². The van der Waals surface area contributed by atoms with Crippen molar-refractivity contribution in [3.63, 3.8) is 0 Å². The number of aromatic nitrogens is 1. The molecule has 0 saturated carbocycles. The van der Waals surface area contributed by atoms with Crippen LogP contribution in [0.3, 0.4) is 0 Å². The molecule has 2 heterocycles. The third-order valence-corrected chi connectivity index (χ3v) is 2.42. The van der Waals surface area contributed by atoms with E-state index in [1.807, 2.05) is 13.0 Å². The first kappa shape index (κ1) is 9.55. The molecule has 1 aromatic heterocycles. The van der Waals surface area contributed by atoms with Crippen molar-refractivity contribution in [1.82, 2.24) is 15.6 Å². The van der Waals surface area contributed by atoms with Crippen LogP contribution in [0.5, 0.6) is 0 Å². The van der Waals surface area contributed by atoms with Crippen LogP contribution in [0.25, 0.3) is 0 Å². The highest BCUT2D eigenvalue weighted by atomic mass is 19.1.